The number of aromatic nitrogens is 1. The molecule has 0 saturated heterocycles. The molecule has 3 aromatic rings. The number of fused-ring (bicyclic) bond motifs is 1. The van der Waals surface area contributed by atoms with Crippen molar-refractivity contribution in [2.45, 2.75) is 62.7 Å². The Morgan fingerprint density at radius 3 is 1.91 bits per heavy atom. The Kier molecular flexibility index (Phi) is 6.92. The van der Waals surface area contributed by atoms with Gasteiger partial charge in [0.25, 0.3) is 0 Å². The first-order valence-electron chi connectivity index (χ1n) is 11.1. The van der Waals surface area contributed by atoms with Crippen LogP contribution in [0.2, 0.25) is 0 Å². The minimum Gasteiger partial charge on any atom is -0.311 e. The van der Waals surface area contributed by atoms with Gasteiger partial charge in [-0.25, -0.2) is 16.8 Å². The molecule has 33 heavy (non-hydrogen) atoms. The van der Waals surface area contributed by atoms with Gasteiger partial charge >= 0.3 is 0 Å². The van der Waals surface area contributed by atoms with Crippen LogP contribution in [0, 0.1) is 0 Å². The average molecular weight is 490 g/mol. The van der Waals surface area contributed by atoms with Crippen LogP contribution in [0.25, 0.3) is 5.52 Å². The normalized spacial score (nSPS) is 12.9. The SMILES string of the molecule is CCCS(=O)(=O)c1c(S(=O)(=O)CCC)c2cc(C(C)(C)C)ccn2c1C(=O)c1ccccc1. The second kappa shape index (κ2) is 9.06. The summed E-state index contributed by atoms with van der Waals surface area (Å²) in [5.41, 5.74) is 0.941. The lowest BCUT2D eigenvalue weighted by Crippen LogP contribution is -2.17. The van der Waals surface area contributed by atoms with Crippen LogP contribution in [-0.2, 0) is 25.1 Å². The molecule has 3 rings (SSSR count). The predicted octanol–water partition coefficient (Wildman–Crippen LogP) is 4.84. The van der Waals surface area contributed by atoms with Gasteiger partial charge in [-0.3, -0.25) is 4.79 Å². The number of sulfone groups is 2. The van der Waals surface area contributed by atoms with Crippen molar-refractivity contribution in [2.24, 2.45) is 0 Å². The molecular weight excluding hydrogens is 458 g/mol. The van der Waals surface area contributed by atoms with Crippen molar-refractivity contribution in [3.8, 4) is 0 Å². The van der Waals surface area contributed by atoms with Gasteiger partial charge in [0.2, 0.25) is 5.78 Å². The Hall–Kier alpha value is -2.45. The Labute approximate surface area is 196 Å². The van der Waals surface area contributed by atoms with Crippen molar-refractivity contribution < 1.29 is 21.6 Å². The lowest BCUT2D eigenvalue weighted by Gasteiger charge is -2.19. The summed E-state index contributed by atoms with van der Waals surface area (Å²) in [5, 5.41) is 0. The number of pyridine rings is 1. The number of hydrogen-bond donors (Lipinski definition) is 0. The zero-order valence-electron chi connectivity index (χ0n) is 19.8. The van der Waals surface area contributed by atoms with Crippen LogP contribution in [0.5, 0.6) is 0 Å². The number of carbonyl (C=O) groups excluding carboxylic acids is 1. The number of benzene rings is 1. The van der Waals surface area contributed by atoms with Gasteiger partial charge < -0.3 is 4.40 Å². The minimum atomic E-state index is -4.06. The standard InChI is InChI=1S/C25H31NO5S2/c1-6-15-32(28,29)23-20-17-19(25(3,4)5)13-14-26(20)21(24(23)33(30,31)16-7-2)22(27)18-11-9-8-10-12-18/h8-14,17H,6-7,15-16H2,1-5H3. The first-order chi connectivity index (χ1) is 15.3. The first kappa shape index (κ1) is 25.2. The molecule has 1 aromatic carbocycles. The van der Waals surface area contributed by atoms with E-state index in [0.717, 1.165) is 5.56 Å². The highest BCUT2D eigenvalue weighted by Crippen LogP contribution is 2.37. The highest BCUT2D eigenvalue weighted by Gasteiger charge is 2.37. The summed E-state index contributed by atoms with van der Waals surface area (Å²) in [5.74, 6) is -0.985. The van der Waals surface area contributed by atoms with E-state index in [2.05, 4.69) is 0 Å². The molecule has 2 aromatic heterocycles. The maximum absolute atomic E-state index is 13.6. The highest BCUT2D eigenvalue weighted by atomic mass is 32.2. The smallest absolute Gasteiger partial charge is 0.211 e. The summed E-state index contributed by atoms with van der Waals surface area (Å²) < 4.78 is 55.3. The van der Waals surface area contributed by atoms with Gasteiger partial charge in [-0.2, -0.15) is 0 Å². The van der Waals surface area contributed by atoms with Crippen LogP contribution >= 0.6 is 0 Å². The van der Waals surface area contributed by atoms with E-state index in [1.54, 1.807) is 62.5 Å². The Balaban J connectivity index is 2.57. The van der Waals surface area contributed by atoms with E-state index in [0.29, 0.717) is 18.4 Å². The van der Waals surface area contributed by atoms with Crippen molar-refractivity contribution in [1.82, 2.24) is 4.40 Å². The lowest BCUT2D eigenvalue weighted by atomic mass is 9.87. The van der Waals surface area contributed by atoms with E-state index in [-0.39, 0.29) is 37.9 Å². The van der Waals surface area contributed by atoms with Crippen LogP contribution < -0.4 is 0 Å². The summed E-state index contributed by atoms with van der Waals surface area (Å²) in [4.78, 5) is 13.0. The third-order valence-electron chi connectivity index (χ3n) is 5.53. The van der Waals surface area contributed by atoms with Gasteiger partial charge in [0, 0.05) is 11.8 Å². The van der Waals surface area contributed by atoms with Gasteiger partial charge in [0.05, 0.1) is 17.0 Å². The third kappa shape index (κ3) is 4.77. The molecule has 8 heteroatoms. The third-order valence-corrected chi connectivity index (χ3v) is 9.61. The number of rotatable bonds is 8. The zero-order chi connectivity index (χ0) is 24.6. The second-order valence-electron chi connectivity index (χ2n) is 9.26. The molecule has 6 nitrogen and oxygen atoms in total. The maximum Gasteiger partial charge on any atom is 0.211 e. The Morgan fingerprint density at radius 2 is 1.39 bits per heavy atom. The molecule has 0 spiro atoms. The molecule has 0 fully saturated rings. The molecule has 0 bridgehead atoms. The number of carbonyl (C=O) groups is 1. The minimum absolute atomic E-state index is 0.125. The van der Waals surface area contributed by atoms with E-state index in [1.807, 2.05) is 20.8 Å². The van der Waals surface area contributed by atoms with Crippen LogP contribution in [0.1, 0.15) is 69.1 Å². The van der Waals surface area contributed by atoms with Gasteiger partial charge in [0.15, 0.2) is 19.7 Å². The summed E-state index contributed by atoms with van der Waals surface area (Å²) in [6.07, 6.45) is 2.24. The van der Waals surface area contributed by atoms with Crippen LogP contribution in [0.4, 0.5) is 0 Å². The van der Waals surface area contributed by atoms with Crippen LogP contribution in [-0.4, -0.2) is 38.5 Å². The summed E-state index contributed by atoms with van der Waals surface area (Å²) >= 11 is 0. The topological polar surface area (TPSA) is 89.8 Å². The molecular formula is C25H31NO5S2. The molecule has 0 atom stereocenters. The second-order valence-corrected chi connectivity index (χ2v) is 13.4. The molecule has 0 amide bonds. The molecule has 0 radical (unpaired) electrons. The molecule has 0 aliphatic rings. The highest BCUT2D eigenvalue weighted by molar-refractivity contribution is 7.94. The molecule has 0 aliphatic carbocycles. The van der Waals surface area contributed by atoms with Crippen LogP contribution in [0.3, 0.4) is 0 Å². The monoisotopic (exact) mass is 489 g/mol. The van der Waals surface area contributed by atoms with Gasteiger partial charge in [-0.15, -0.1) is 0 Å². The lowest BCUT2D eigenvalue weighted by molar-refractivity contribution is 0.103. The number of nitrogens with zero attached hydrogens (tertiary/aromatic N) is 1. The van der Waals surface area contributed by atoms with Crippen molar-refractivity contribution >= 4 is 31.0 Å². The van der Waals surface area contributed by atoms with E-state index < -0.39 is 25.5 Å². The van der Waals surface area contributed by atoms with Gasteiger partial charge in [0.1, 0.15) is 15.5 Å². The number of hydrogen-bond acceptors (Lipinski definition) is 5. The maximum atomic E-state index is 13.6. The molecule has 0 unspecified atom stereocenters. The fourth-order valence-electron chi connectivity index (χ4n) is 3.94. The van der Waals surface area contributed by atoms with Crippen LogP contribution in [0.15, 0.2) is 58.5 Å². The summed E-state index contributed by atoms with van der Waals surface area (Å²) in [6.45, 7) is 9.42. The number of ketones is 1. The Bertz CT molecular complexity index is 1390. The summed E-state index contributed by atoms with van der Waals surface area (Å²) in [6, 6.07) is 11.8. The van der Waals surface area contributed by atoms with Crippen molar-refractivity contribution in [3.05, 3.63) is 65.5 Å². The first-order valence-corrected chi connectivity index (χ1v) is 14.4. The van der Waals surface area contributed by atoms with Crippen molar-refractivity contribution in [1.29, 1.82) is 0 Å². The molecule has 0 aliphatic heterocycles. The van der Waals surface area contributed by atoms with E-state index in [9.17, 15) is 21.6 Å². The quantitative estimate of drug-likeness (QED) is 0.423. The zero-order valence-corrected chi connectivity index (χ0v) is 21.4. The largest absolute Gasteiger partial charge is 0.311 e. The molecule has 2 heterocycles. The molecule has 0 N–H and O–H groups in total. The van der Waals surface area contributed by atoms with Gasteiger partial charge in [-0.05, 0) is 36.0 Å². The fraction of sp³-hybridized carbons (Fsp3) is 0.400. The van der Waals surface area contributed by atoms with E-state index in [1.165, 1.54) is 4.40 Å². The van der Waals surface area contributed by atoms with E-state index >= 15 is 0 Å². The molecule has 0 saturated carbocycles. The predicted molar refractivity (Wildman–Crippen MR) is 131 cm³/mol. The van der Waals surface area contributed by atoms with E-state index in [4.69, 9.17) is 0 Å². The van der Waals surface area contributed by atoms with Crippen molar-refractivity contribution in [3.63, 3.8) is 0 Å². The van der Waals surface area contributed by atoms with Crippen molar-refractivity contribution in [2.75, 3.05) is 11.5 Å². The fourth-order valence-corrected chi connectivity index (χ4v) is 7.91. The average Bonchev–Trinajstić information content (AvgIpc) is 3.09. The molecule has 178 valence electrons. The Morgan fingerprint density at radius 1 is 0.848 bits per heavy atom. The van der Waals surface area contributed by atoms with Gasteiger partial charge in [-0.1, -0.05) is 65.0 Å². The summed E-state index contributed by atoms with van der Waals surface area (Å²) in [7, 11) is -8.04.